The van der Waals surface area contributed by atoms with Gasteiger partial charge in [-0.15, -0.1) is 0 Å². The van der Waals surface area contributed by atoms with Crippen LogP contribution in [0.3, 0.4) is 0 Å². The number of ether oxygens (including phenoxy) is 1. The Balaban J connectivity index is 2.11. The van der Waals surface area contributed by atoms with Crippen LogP contribution in [0.4, 0.5) is 5.69 Å². The number of amides is 2. The molecule has 5 heteroatoms. The van der Waals surface area contributed by atoms with Crippen molar-refractivity contribution >= 4 is 17.5 Å². The Morgan fingerprint density at radius 1 is 1.26 bits per heavy atom. The van der Waals surface area contributed by atoms with Gasteiger partial charge in [-0.2, -0.15) is 0 Å². The second kappa shape index (κ2) is 6.60. The van der Waals surface area contributed by atoms with E-state index in [4.69, 9.17) is 4.74 Å². The fourth-order valence-corrected chi connectivity index (χ4v) is 2.36. The normalized spacial score (nSPS) is 17.2. The van der Waals surface area contributed by atoms with Crippen molar-refractivity contribution in [2.24, 2.45) is 11.3 Å². The Morgan fingerprint density at radius 2 is 1.96 bits per heavy atom. The van der Waals surface area contributed by atoms with Gasteiger partial charge in [0.05, 0.1) is 5.92 Å². The highest BCUT2D eigenvalue weighted by atomic mass is 16.5. The highest BCUT2D eigenvalue weighted by Crippen LogP contribution is 2.30. The topological polar surface area (TPSA) is 67.4 Å². The number of nitrogens with one attached hydrogen (secondary N) is 2. The molecule has 0 aliphatic carbocycles. The SMILES string of the molecule is CC(C)NC(=O)C1COc2ccc(NC(=O)C(C)(C)C)cc2C1. The van der Waals surface area contributed by atoms with Crippen LogP contribution in [0.2, 0.25) is 0 Å². The maximum Gasteiger partial charge on any atom is 0.229 e. The predicted molar refractivity (Wildman–Crippen MR) is 90.5 cm³/mol. The van der Waals surface area contributed by atoms with Crippen LogP contribution in [0.25, 0.3) is 0 Å². The molecule has 0 saturated carbocycles. The number of hydrogen-bond acceptors (Lipinski definition) is 3. The van der Waals surface area contributed by atoms with E-state index < -0.39 is 5.41 Å². The number of anilines is 1. The lowest BCUT2D eigenvalue weighted by Crippen LogP contribution is -2.40. The zero-order valence-electron chi connectivity index (χ0n) is 14.5. The summed E-state index contributed by atoms with van der Waals surface area (Å²) in [6, 6.07) is 5.69. The molecule has 0 bridgehead atoms. The molecule has 1 atom stereocenters. The first-order valence-electron chi connectivity index (χ1n) is 8.04. The molecule has 1 aromatic rings. The van der Waals surface area contributed by atoms with Gasteiger partial charge in [-0.3, -0.25) is 9.59 Å². The maximum atomic E-state index is 12.2. The number of carbonyl (C=O) groups is 2. The molecule has 0 saturated heterocycles. The van der Waals surface area contributed by atoms with E-state index in [0.29, 0.717) is 13.0 Å². The molecule has 1 heterocycles. The predicted octanol–water partition coefficient (Wildman–Crippen LogP) is 2.75. The van der Waals surface area contributed by atoms with Gasteiger partial charge in [0.25, 0.3) is 0 Å². The van der Waals surface area contributed by atoms with Gasteiger partial charge in [0.2, 0.25) is 11.8 Å². The van der Waals surface area contributed by atoms with Crippen LogP contribution >= 0.6 is 0 Å². The molecule has 0 spiro atoms. The van der Waals surface area contributed by atoms with Gasteiger partial charge in [0.1, 0.15) is 12.4 Å². The Labute approximate surface area is 137 Å². The van der Waals surface area contributed by atoms with Crippen LogP contribution in [-0.4, -0.2) is 24.5 Å². The molecule has 2 amide bonds. The van der Waals surface area contributed by atoms with Gasteiger partial charge in [-0.05, 0) is 44.0 Å². The Kier molecular flexibility index (Phi) is 4.97. The lowest BCUT2D eigenvalue weighted by atomic mass is 9.94. The molecule has 1 aliphatic rings. The third kappa shape index (κ3) is 4.47. The molecule has 5 nitrogen and oxygen atoms in total. The fraction of sp³-hybridized carbons (Fsp3) is 0.556. The minimum atomic E-state index is -0.452. The minimum Gasteiger partial charge on any atom is -0.492 e. The lowest BCUT2D eigenvalue weighted by Gasteiger charge is -2.26. The molecule has 2 rings (SSSR count). The zero-order valence-corrected chi connectivity index (χ0v) is 14.5. The van der Waals surface area contributed by atoms with E-state index in [0.717, 1.165) is 17.0 Å². The standard InChI is InChI=1S/C18H26N2O3/c1-11(2)19-16(21)13-8-12-9-14(6-7-15(12)23-10-13)20-17(22)18(3,4)5/h6-7,9,11,13H,8,10H2,1-5H3,(H,19,21)(H,20,22). The van der Waals surface area contributed by atoms with Gasteiger partial charge in [0.15, 0.2) is 0 Å². The monoisotopic (exact) mass is 318 g/mol. The van der Waals surface area contributed by atoms with Crippen molar-refractivity contribution in [1.29, 1.82) is 0 Å². The van der Waals surface area contributed by atoms with Crippen LogP contribution in [0.5, 0.6) is 5.75 Å². The average molecular weight is 318 g/mol. The molecule has 1 aromatic carbocycles. The van der Waals surface area contributed by atoms with Crippen LogP contribution in [0, 0.1) is 11.3 Å². The quantitative estimate of drug-likeness (QED) is 0.900. The Bertz CT molecular complexity index is 603. The number of fused-ring (bicyclic) bond motifs is 1. The van der Waals surface area contributed by atoms with Crippen LogP contribution < -0.4 is 15.4 Å². The van der Waals surface area contributed by atoms with Gasteiger partial charge in [0, 0.05) is 17.1 Å². The van der Waals surface area contributed by atoms with E-state index in [2.05, 4.69) is 10.6 Å². The third-order valence-corrected chi connectivity index (χ3v) is 3.71. The largest absolute Gasteiger partial charge is 0.492 e. The average Bonchev–Trinajstić information content (AvgIpc) is 2.44. The highest BCUT2D eigenvalue weighted by molar-refractivity contribution is 5.94. The molecule has 1 unspecified atom stereocenters. The first kappa shape index (κ1) is 17.3. The van der Waals surface area contributed by atoms with E-state index in [1.165, 1.54) is 0 Å². The van der Waals surface area contributed by atoms with Gasteiger partial charge >= 0.3 is 0 Å². The minimum absolute atomic E-state index is 0.00906. The summed E-state index contributed by atoms with van der Waals surface area (Å²) in [5, 5.41) is 5.83. The number of rotatable bonds is 3. The number of carbonyl (C=O) groups excluding carboxylic acids is 2. The fourth-order valence-electron chi connectivity index (χ4n) is 2.36. The molecule has 23 heavy (non-hydrogen) atoms. The maximum absolute atomic E-state index is 12.2. The molecular formula is C18H26N2O3. The van der Waals surface area contributed by atoms with Gasteiger partial charge in [-0.1, -0.05) is 20.8 Å². The van der Waals surface area contributed by atoms with Crippen molar-refractivity contribution in [2.75, 3.05) is 11.9 Å². The second-order valence-corrected chi connectivity index (χ2v) is 7.40. The Hall–Kier alpha value is -2.04. The van der Waals surface area contributed by atoms with Gasteiger partial charge < -0.3 is 15.4 Å². The van der Waals surface area contributed by atoms with E-state index in [-0.39, 0.29) is 23.8 Å². The summed E-state index contributed by atoms with van der Waals surface area (Å²) >= 11 is 0. The summed E-state index contributed by atoms with van der Waals surface area (Å²) in [4.78, 5) is 24.2. The van der Waals surface area contributed by atoms with Crippen molar-refractivity contribution in [3.8, 4) is 5.75 Å². The van der Waals surface area contributed by atoms with Crippen molar-refractivity contribution in [3.05, 3.63) is 23.8 Å². The molecule has 0 fully saturated rings. The van der Waals surface area contributed by atoms with Crippen LogP contribution in [-0.2, 0) is 16.0 Å². The van der Waals surface area contributed by atoms with Gasteiger partial charge in [-0.25, -0.2) is 0 Å². The second-order valence-electron chi connectivity index (χ2n) is 7.40. The first-order valence-corrected chi connectivity index (χ1v) is 8.04. The molecular weight excluding hydrogens is 292 g/mol. The molecule has 1 aliphatic heterocycles. The van der Waals surface area contributed by atoms with E-state index in [1.54, 1.807) is 0 Å². The first-order chi connectivity index (χ1) is 10.7. The summed E-state index contributed by atoms with van der Waals surface area (Å²) < 4.78 is 5.69. The zero-order chi connectivity index (χ0) is 17.2. The van der Waals surface area contributed by atoms with Crippen molar-refractivity contribution in [2.45, 2.75) is 47.1 Å². The Morgan fingerprint density at radius 3 is 2.57 bits per heavy atom. The number of benzene rings is 1. The third-order valence-electron chi connectivity index (χ3n) is 3.71. The highest BCUT2D eigenvalue weighted by Gasteiger charge is 2.27. The van der Waals surface area contributed by atoms with Crippen LogP contribution in [0.1, 0.15) is 40.2 Å². The molecule has 0 radical (unpaired) electrons. The summed E-state index contributed by atoms with van der Waals surface area (Å²) in [5.74, 6) is 0.559. The van der Waals surface area contributed by atoms with E-state index in [1.807, 2.05) is 52.8 Å². The van der Waals surface area contributed by atoms with Crippen molar-refractivity contribution in [1.82, 2.24) is 5.32 Å². The smallest absolute Gasteiger partial charge is 0.229 e. The lowest BCUT2D eigenvalue weighted by molar-refractivity contribution is -0.126. The van der Waals surface area contributed by atoms with Crippen molar-refractivity contribution < 1.29 is 14.3 Å². The number of hydrogen-bond donors (Lipinski definition) is 2. The van der Waals surface area contributed by atoms with E-state index >= 15 is 0 Å². The summed E-state index contributed by atoms with van der Waals surface area (Å²) in [7, 11) is 0. The van der Waals surface area contributed by atoms with Crippen LogP contribution in [0.15, 0.2) is 18.2 Å². The molecule has 126 valence electrons. The summed E-state index contributed by atoms with van der Waals surface area (Å²) in [5.41, 5.74) is 1.23. The van der Waals surface area contributed by atoms with E-state index in [9.17, 15) is 9.59 Å². The summed E-state index contributed by atoms with van der Waals surface area (Å²) in [6.07, 6.45) is 0.618. The molecule has 2 N–H and O–H groups in total. The molecule has 0 aromatic heterocycles. The van der Waals surface area contributed by atoms with Crippen molar-refractivity contribution in [3.63, 3.8) is 0 Å². The summed E-state index contributed by atoms with van der Waals surface area (Å²) in [6.45, 7) is 9.88.